The molecule has 0 aliphatic carbocycles. The molecule has 2 aliphatic heterocycles. The number of carboxylic acid groups (broad SMARTS) is 1. The summed E-state index contributed by atoms with van der Waals surface area (Å²) in [4.78, 5) is 26.1. The van der Waals surface area contributed by atoms with Crippen LogP contribution in [-0.4, -0.2) is 29.7 Å². The first-order chi connectivity index (χ1) is 12.9. The highest BCUT2D eigenvalue weighted by atomic mass is 35.5. The van der Waals surface area contributed by atoms with Gasteiger partial charge in [0.2, 0.25) is 0 Å². The zero-order chi connectivity index (χ0) is 19.1. The quantitative estimate of drug-likeness (QED) is 0.702. The molecule has 0 fully saturated rings. The van der Waals surface area contributed by atoms with Crippen molar-refractivity contribution in [2.45, 2.75) is 24.9 Å². The van der Waals surface area contributed by atoms with E-state index in [4.69, 9.17) is 23.2 Å². The molecule has 8 heteroatoms. The normalized spacial score (nSPS) is 20.4. The van der Waals surface area contributed by atoms with Gasteiger partial charge in [-0.25, -0.2) is 9.59 Å². The van der Waals surface area contributed by atoms with E-state index in [2.05, 4.69) is 10.6 Å². The van der Waals surface area contributed by atoms with Gasteiger partial charge in [0.1, 0.15) is 6.04 Å². The lowest BCUT2D eigenvalue weighted by Crippen LogP contribution is -2.45. The molecule has 2 aromatic carbocycles. The number of hydrogen-bond donors (Lipinski definition) is 3. The first-order valence-corrected chi connectivity index (χ1v) is 9.34. The van der Waals surface area contributed by atoms with E-state index >= 15 is 0 Å². The summed E-state index contributed by atoms with van der Waals surface area (Å²) in [6.07, 6.45) is 0.978. The standard InChI is InChI=1S/C19H17Cl2N3O3/c20-11-7-12(21)17-13(8-11)22-15(18(25)26)9-14(17)23-19(27)24-6-5-10-3-1-2-4-16(10)24/h1-4,7-8,14-15,22H,5-6,9H2,(H,23,27)(H,25,26)/t14-,15+/m1/s1. The van der Waals surface area contributed by atoms with Crippen LogP contribution in [0.25, 0.3) is 0 Å². The fourth-order valence-electron chi connectivity index (χ4n) is 3.73. The van der Waals surface area contributed by atoms with Gasteiger partial charge in [-0.2, -0.15) is 0 Å². The Morgan fingerprint density at radius 2 is 2.00 bits per heavy atom. The molecule has 0 saturated heterocycles. The number of carbonyl (C=O) groups excluding carboxylic acids is 1. The highest BCUT2D eigenvalue weighted by molar-refractivity contribution is 6.35. The van der Waals surface area contributed by atoms with Crippen molar-refractivity contribution in [2.75, 3.05) is 16.8 Å². The van der Waals surface area contributed by atoms with Crippen LogP contribution in [0.2, 0.25) is 10.0 Å². The van der Waals surface area contributed by atoms with Crippen molar-refractivity contribution in [2.24, 2.45) is 0 Å². The van der Waals surface area contributed by atoms with Crippen LogP contribution < -0.4 is 15.5 Å². The van der Waals surface area contributed by atoms with E-state index in [1.807, 2.05) is 24.3 Å². The van der Waals surface area contributed by atoms with Crippen LogP contribution in [0.4, 0.5) is 16.2 Å². The fraction of sp³-hybridized carbons (Fsp3) is 0.263. The highest BCUT2D eigenvalue weighted by Crippen LogP contribution is 2.40. The molecule has 0 unspecified atom stereocenters. The third-order valence-electron chi connectivity index (χ3n) is 4.97. The van der Waals surface area contributed by atoms with Crippen molar-refractivity contribution >= 4 is 46.6 Å². The fourth-order valence-corrected chi connectivity index (χ4v) is 4.35. The summed E-state index contributed by atoms with van der Waals surface area (Å²) in [5.74, 6) is -0.998. The van der Waals surface area contributed by atoms with E-state index in [1.165, 1.54) is 0 Å². The van der Waals surface area contributed by atoms with Gasteiger partial charge < -0.3 is 15.7 Å². The number of rotatable bonds is 2. The summed E-state index contributed by atoms with van der Waals surface area (Å²) < 4.78 is 0. The number of fused-ring (bicyclic) bond motifs is 2. The molecule has 2 heterocycles. The molecule has 2 amide bonds. The Bertz CT molecular complexity index is 934. The minimum Gasteiger partial charge on any atom is -0.480 e. The first kappa shape index (κ1) is 17.9. The average molecular weight is 406 g/mol. The van der Waals surface area contributed by atoms with E-state index in [1.54, 1.807) is 17.0 Å². The Morgan fingerprint density at radius 1 is 1.22 bits per heavy atom. The predicted molar refractivity (Wildman–Crippen MR) is 105 cm³/mol. The predicted octanol–water partition coefficient (Wildman–Crippen LogP) is 4.08. The monoisotopic (exact) mass is 405 g/mol. The summed E-state index contributed by atoms with van der Waals surface area (Å²) in [5, 5.41) is 16.1. The summed E-state index contributed by atoms with van der Waals surface area (Å²) in [6, 6.07) is 9.32. The lowest BCUT2D eigenvalue weighted by molar-refractivity contribution is -0.138. The van der Waals surface area contributed by atoms with Gasteiger partial charge >= 0.3 is 12.0 Å². The molecule has 6 nitrogen and oxygen atoms in total. The molecule has 0 bridgehead atoms. The zero-order valence-corrected chi connectivity index (χ0v) is 15.7. The third-order valence-corrected chi connectivity index (χ3v) is 5.50. The van der Waals surface area contributed by atoms with Gasteiger partial charge in [-0.1, -0.05) is 41.4 Å². The molecule has 2 aliphatic rings. The molecular weight excluding hydrogens is 389 g/mol. The van der Waals surface area contributed by atoms with E-state index in [0.717, 1.165) is 17.7 Å². The second-order valence-corrected chi connectivity index (χ2v) is 7.50. The van der Waals surface area contributed by atoms with Crippen LogP contribution in [0.1, 0.15) is 23.6 Å². The molecule has 140 valence electrons. The molecule has 0 radical (unpaired) electrons. The van der Waals surface area contributed by atoms with Crippen LogP contribution in [0.5, 0.6) is 0 Å². The number of nitrogens with one attached hydrogen (secondary N) is 2. The Morgan fingerprint density at radius 3 is 2.78 bits per heavy atom. The largest absolute Gasteiger partial charge is 0.480 e. The smallest absolute Gasteiger partial charge is 0.326 e. The number of urea groups is 1. The van der Waals surface area contributed by atoms with Gasteiger partial charge in [0, 0.05) is 39.9 Å². The molecule has 27 heavy (non-hydrogen) atoms. The number of aliphatic carboxylic acids is 1. The SMILES string of the molecule is O=C(O)[C@@H]1C[C@@H](NC(=O)N2CCc3ccccc32)c2c(Cl)cc(Cl)cc2N1. The number of carbonyl (C=O) groups is 2. The first-order valence-electron chi connectivity index (χ1n) is 8.58. The third kappa shape index (κ3) is 3.31. The number of nitrogens with zero attached hydrogens (tertiary/aromatic N) is 1. The molecule has 0 saturated carbocycles. The van der Waals surface area contributed by atoms with Crippen molar-refractivity contribution in [3.05, 3.63) is 57.6 Å². The van der Waals surface area contributed by atoms with E-state index in [-0.39, 0.29) is 12.5 Å². The summed E-state index contributed by atoms with van der Waals surface area (Å²) in [6.45, 7) is 0.583. The van der Waals surface area contributed by atoms with Gasteiger partial charge in [-0.3, -0.25) is 4.90 Å². The minimum absolute atomic E-state index is 0.185. The van der Waals surface area contributed by atoms with Crippen molar-refractivity contribution < 1.29 is 14.7 Å². The maximum absolute atomic E-state index is 12.9. The topological polar surface area (TPSA) is 81.7 Å². The number of benzene rings is 2. The second-order valence-electron chi connectivity index (χ2n) is 6.65. The van der Waals surface area contributed by atoms with Crippen molar-refractivity contribution in [3.63, 3.8) is 0 Å². The zero-order valence-electron chi connectivity index (χ0n) is 14.2. The number of carboxylic acids is 1. The molecule has 4 rings (SSSR count). The van der Waals surface area contributed by atoms with Crippen molar-refractivity contribution in [1.82, 2.24) is 5.32 Å². The minimum atomic E-state index is -0.998. The summed E-state index contributed by atoms with van der Waals surface area (Å²) in [7, 11) is 0. The molecule has 3 N–H and O–H groups in total. The molecule has 2 atom stereocenters. The number of para-hydroxylation sites is 1. The Kier molecular flexibility index (Phi) is 4.61. The van der Waals surface area contributed by atoms with E-state index in [0.29, 0.717) is 27.8 Å². The molecular formula is C19H17Cl2N3O3. The van der Waals surface area contributed by atoms with Crippen LogP contribution in [0, 0.1) is 0 Å². The summed E-state index contributed by atoms with van der Waals surface area (Å²) in [5.41, 5.74) is 3.17. The highest BCUT2D eigenvalue weighted by Gasteiger charge is 2.35. The maximum atomic E-state index is 12.9. The van der Waals surface area contributed by atoms with E-state index in [9.17, 15) is 14.7 Å². The van der Waals surface area contributed by atoms with Crippen LogP contribution in [0.3, 0.4) is 0 Å². The lowest BCUT2D eigenvalue weighted by atomic mass is 9.93. The molecule has 2 aromatic rings. The number of hydrogen-bond acceptors (Lipinski definition) is 3. The van der Waals surface area contributed by atoms with Crippen molar-refractivity contribution in [3.8, 4) is 0 Å². The van der Waals surface area contributed by atoms with Gasteiger partial charge in [-0.15, -0.1) is 0 Å². The summed E-state index contributed by atoms with van der Waals surface area (Å²) >= 11 is 12.4. The number of anilines is 2. The van der Waals surface area contributed by atoms with Gasteiger partial charge in [0.25, 0.3) is 0 Å². The Labute approximate surface area is 166 Å². The second kappa shape index (κ2) is 6.94. The van der Waals surface area contributed by atoms with Gasteiger partial charge in [0.05, 0.1) is 6.04 Å². The lowest BCUT2D eigenvalue weighted by Gasteiger charge is -2.33. The van der Waals surface area contributed by atoms with Crippen LogP contribution in [-0.2, 0) is 11.2 Å². The molecule has 0 spiro atoms. The number of amides is 2. The Balaban J connectivity index is 1.64. The van der Waals surface area contributed by atoms with Crippen molar-refractivity contribution in [1.29, 1.82) is 0 Å². The van der Waals surface area contributed by atoms with Crippen LogP contribution >= 0.6 is 23.2 Å². The van der Waals surface area contributed by atoms with Gasteiger partial charge in [0.15, 0.2) is 0 Å². The van der Waals surface area contributed by atoms with Crippen LogP contribution in [0.15, 0.2) is 36.4 Å². The number of halogens is 2. The van der Waals surface area contributed by atoms with Gasteiger partial charge in [-0.05, 0) is 30.2 Å². The average Bonchev–Trinajstić information content (AvgIpc) is 3.04. The Hall–Kier alpha value is -2.44. The molecule has 0 aromatic heterocycles. The maximum Gasteiger partial charge on any atom is 0.326 e. The van der Waals surface area contributed by atoms with E-state index < -0.39 is 18.1 Å².